The number of halogens is 3. The summed E-state index contributed by atoms with van der Waals surface area (Å²) in [5.41, 5.74) is 1.95. The fourth-order valence-corrected chi connectivity index (χ4v) is 3.08. The van der Waals surface area contributed by atoms with Gasteiger partial charge in [0.25, 0.3) is 0 Å². The highest BCUT2D eigenvalue weighted by Crippen LogP contribution is 2.29. The van der Waals surface area contributed by atoms with E-state index in [2.05, 4.69) is 16.9 Å². The van der Waals surface area contributed by atoms with Crippen LogP contribution in [0.1, 0.15) is 28.8 Å². The lowest BCUT2D eigenvalue weighted by atomic mass is 10.1. The summed E-state index contributed by atoms with van der Waals surface area (Å²) in [6, 6.07) is 10.8. The van der Waals surface area contributed by atoms with Crippen molar-refractivity contribution in [2.45, 2.75) is 32.0 Å². The van der Waals surface area contributed by atoms with Crippen molar-refractivity contribution in [3.63, 3.8) is 0 Å². The minimum absolute atomic E-state index is 0.357. The number of allylic oxidation sites excluding steroid dienone is 1. The fourth-order valence-electron chi connectivity index (χ4n) is 3.08. The molecule has 8 heteroatoms. The van der Waals surface area contributed by atoms with Gasteiger partial charge in [-0.2, -0.15) is 13.2 Å². The Labute approximate surface area is 179 Å². The SMILES string of the molecule is C=CCc1ccc(OCCCc2cn(Cc3ccc(C(F)(F)F)cc3)nn2)c(OC)c1. The van der Waals surface area contributed by atoms with Crippen molar-refractivity contribution >= 4 is 0 Å². The maximum Gasteiger partial charge on any atom is 0.416 e. The molecular weight excluding hydrogens is 407 g/mol. The smallest absolute Gasteiger partial charge is 0.416 e. The molecule has 1 aromatic heterocycles. The van der Waals surface area contributed by atoms with Crippen molar-refractivity contribution in [2.24, 2.45) is 0 Å². The predicted molar refractivity (Wildman–Crippen MR) is 111 cm³/mol. The summed E-state index contributed by atoms with van der Waals surface area (Å²) in [6.45, 7) is 4.58. The summed E-state index contributed by atoms with van der Waals surface area (Å²) in [5.74, 6) is 1.36. The van der Waals surface area contributed by atoms with Gasteiger partial charge in [-0.05, 0) is 54.7 Å². The van der Waals surface area contributed by atoms with Gasteiger partial charge >= 0.3 is 6.18 Å². The number of methoxy groups -OCH3 is 1. The number of hydrogen-bond acceptors (Lipinski definition) is 4. The van der Waals surface area contributed by atoms with E-state index >= 15 is 0 Å². The van der Waals surface area contributed by atoms with Gasteiger partial charge in [-0.15, -0.1) is 11.7 Å². The molecule has 3 rings (SSSR count). The predicted octanol–water partition coefficient (Wildman–Crippen LogP) is 5.09. The summed E-state index contributed by atoms with van der Waals surface area (Å²) in [7, 11) is 1.61. The molecule has 2 aromatic carbocycles. The number of benzene rings is 2. The van der Waals surface area contributed by atoms with Crippen molar-refractivity contribution < 1.29 is 22.6 Å². The van der Waals surface area contributed by atoms with E-state index in [-0.39, 0.29) is 0 Å². The normalized spacial score (nSPS) is 11.4. The van der Waals surface area contributed by atoms with Crippen LogP contribution >= 0.6 is 0 Å². The minimum Gasteiger partial charge on any atom is -0.493 e. The third kappa shape index (κ3) is 6.34. The average molecular weight is 431 g/mol. The van der Waals surface area contributed by atoms with Gasteiger partial charge in [0.2, 0.25) is 0 Å². The van der Waals surface area contributed by atoms with E-state index in [1.54, 1.807) is 18.0 Å². The number of hydrogen-bond donors (Lipinski definition) is 0. The topological polar surface area (TPSA) is 49.2 Å². The van der Waals surface area contributed by atoms with Crippen molar-refractivity contribution in [3.05, 3.63) is 83.7 Å². The van der Waals surface area contributed by atoms with Crippen LogP contribution in [0.25, 0.3) is 0 Å². The number of nitrogens with zero attached hydrogens (tertiary/aromatic N) is 3. The van der Waals surface area contributed by atoms with E-state index < -0.39 is 11.7 Å². The molecule has 0 spiro atoms. The lowest BCUT2D eigenvalue weighted by Crippen LogP contribution is -2.05. The first kappa shape index (κ1) is 22.4. The van der Waals surface area contributed by atoms with Crippen molar-refractivity contribution in [1.29, 1.82) is 0 Å². The van der Waals surface area contributed by atoms with Gasteiger partial charge in [0.15, 0.2) is 11.5 Å². The van der Waals surface area contributed by atoms with Crippen LogP contribution in [0.5, 0.6) is 11.5 Å². The zero-order valence-corrected chi connectivity index (χ0v) is 17.2. The van der Waals surface area contributed by atoms with Crippen molar-refractivity contribution in [1.82, 2.24) is 15.0 Å². The third-order valence-electron chi connectivity index (χ3n) is 4.65. The second kappa shape index (κ2) is 10.1. The molecule has 5 nitrogen and oxygen atoms in total. The maximum absolute atomic E-state index is 12.6. The third-order valence-corrected chi connectivity index (χ3v) is 4.65. The van der Waals surface area contributed by atoms with Gasteiger partial charge in [-0.3, -0.25) is 0 Å². The van der Waals surface area contributed by atoms with E-state index in [4.69, 9.17) is 9.47 Å². The van der Waals surface area contributed by atoms with Crippen molar-refractivity contribution in [3.8, 4) is 11.5 Å². The highest BCUT2D eigenvalue weighted by molar-refractivity contribution is 5.43. The first-order chi connectivity index (χ1) is 14.9. The molecule has 164 valence electrons. The standard InChI is InChI=1S/C23H24F3N3O2/c1-3-5-17-9-12-21(22(14-17)30-2)31-13-4-6-20-16-29(28-27-20)15-18-7-10-19(11-8-18)23(24,25)26/h3,7-12,14,16H,1,4-6,13,15H2,2H3. The van der Waals surface area contributed by atoms with E-state index in [9.17, 15) is 13.2 Å². The van der Waals surface area contributed by atoms with Crippen LogP contribution in [-0.4, -0.2) is 28.7 Å². The lowest BCUT2D eigenvalue weighted by molar-refractivity contribution is -0.137. The van der Waals surface area contributed by atoms with Crippen molar-refractivity contribution in [2.75, 3.05) is 13.7 Å². The fraction of sp³-hybridized carbons (Fsp3) is 0.304. The average Bonchev–Trinajstić information content (AvgIpc) is 3.19. The Hall–Kier alpha value is -3.29. The maximum atomic E-state index is 12.6. The highest BCUT2D eigenvalue weighted by Gasteiger charge is 2.29. The van der Waals surface area contributed by atoms with Gasteiger partial charge in [-0.25, -0.2) is 4.68 Å². The van der Waals surface area contributed by atoms with E-state index in [0.29, 0.717) is 31.1 Å². The molecule has 0 unspecified atom stereocenters. The number of aryl methyl sites for hydroxylation is 1. The van der Waals surface area contributed by atoms with Gasteiger partial charge in [0.05, 0.1) is 31.5 Å². The largest absolute Gasteiger partial charge is 0.493 e. The molecule has 0 aliphatic rings. The summed E-state index contributed by atoms with van der Waals surface area (Å²) < 4.78 is 50.8. The zero-order valence-electron chi connectivity index (χ0n) is 17.2. The van der Waals surface area contributed by atoms with E-state index in [1.807, 2.05) is 24.3 Å². The Morgan fingerprint density at radius 1 is 1.06 bits per heavy atom. The minimum atomic E-state index is -4.33. The Kier molecular flexibility index (Phi) is 7.33. The van der Waals surface area contributed by atoms with Crippen LogP contribution in [-0.2, 0) is 25.6 Å². The Bertz CT molecular complexity index is 998. The monoisotopic (exact) mass is 431 g/mol. The summed E-state index contributed by atoms with van der Waals surface area (Å²) in [6.07, 6.45) is 1.46. The number of aromatic nitrogens is 3. The first-order valence-electron chi connectivity index (χ1n) is 9.85. The van der Waals surface area contributed by atoms with Crippen LogP contribution in [0.4, 0.5) is 13.2 Å². The molecule has 0 radical (unpaired) electrons. The molecule has 0 fully saturated rings. The highest BCUT2D eigenvalue weighted by atomic mass is 19.4. The summed E-state index contributed by atoms with van der Waals surface area (Å²) in [5, 5.41) is 8.17. The zero-order chi connectivity index (χ0) is 22.3. The van der Waals surface area contributed by atoms with Crippen LogP contribution < -0.4 is 9.47 Å². The van der Waals surface area contributed by atoms with Crippen LogP contribution in [0.3, 0.4) is 0 Å². The molecule has 0 N–H and O–H groups in total. The molecule has 31 heavy (non-hydrogen) atoms. The molecule has 0 aliphatic carbocycles. The molecule has 3 aromatic rings. The quantitative estimate of drug-likeness (QED) is 0.331. The second-order valence-electron chi connectivity index (χ2n) is 7.03. The summed E-state index contributed by atoms with van der Waals surface area (Å²) in [4.78, 5) is 0. The Morgan fingerprint density at radius 2 is 1.81 bits per heavy atom. The lowest BCUT2D eigenvalue weighted by Gasteiger charge is -2.11. The van der Waals surface area contributed by atoms with Crippen LogP contribution in [0.2, 0.25) is 0 Å². The van der Waals surface area contributed by atoms with Crippen LogP contribution in [0, 0.1) is 0 Å². The van der Waals surface area contributed by atoms with Crippen LogP contribution in [0.15, 0.2) is 61.3 Å². The Morgan fingerprint density at radius 3 is 2.48 bits per heavy atom. The molecular formula is C23H24F3N3O2. The molecule has 0 atom stereocenters. The molecule has 0 aliphatic heterocycles. The van der Waals surface area contributed by atoms with Gasteiger partial charge in [0, 0.05) is 6.20 Å². The first-order valence-corrected chi connectivity index (χ1v) is 9.85. The van der Waals surface area contributed by atoms with Gasteiger partial charge in [0.1, 0.15) is 0 Å². The van der Waals surface area contributed by atoms with Gasteiger partial charge < -0.3 is 9.47 Å². The molecule has 0 saturated heterocycles. The molecule has 0 saturated carbocycles. The number of ether oxygens (including phenoxy) is 2. The second-order valence-corrected chi connectivity index (χ2v) is 7.03. The molecule has 1 heterocycles. The van der Waals surface area contributed by atoms with Gasteiger partial charge in [-0.1, -0.05) is 29.5 Å². The summed E-state index contributed by atoms with van der Waals surface area (Å²) >= 11 is 0. The van der Waals surface area contributed by atoms with E-state index in [1.165, 1.54) is 12.1 Å². The Balaban J connectivity index is 1.48. The number of rotatable bonds is 10. The number of alkyl halides is 3. The molecule has 0 amide bonds. The van der Waals surface area contributed by atoms with E-state index in [0.717, 1.165) is 41.8 Å². The molecule has 0 bridgehead atoms.